The van der Waals surface area contributed by atoms with Crippen molar-refractivity contribution in [3.63, 3.8) is 0 Å². The molecule has 2 rings (SSSR count). The number of aromatic nitrogens is 4. The van der Waals surface area contributed by atoms with Crippen molar-refractivity contribution in [3.05, 3.63) is 17.8 Å². The van der Waals surface area contributed by atoms with Gasteiger partial charge in [-0.3, -0.25) is 0 Å². The quantitative estimate of drug-likeness (QED) is 0.835. The third kappa shape index (κ3) is 2.70. The van der Waals surface area contributed by atoms with Gasteiger partial charge in [-0.25, -0.2) is 22.9 Å². The zero-order valence-electron chi connectivity index (χ0n) is 11.4. The van der Waals surface area contributed by atoms with Gasteiger partial charge in [0.2, 0.25) is 5.88 Å². The van der Waals surface area contributed by atoms with Crippen molar-refractivity contribution in [1.82, 2.24) is 20.0 Å². The van der Waals surface area contributed by atoms with E-state index in [4.69, 9.17) is 9.84 Å². The van der Waals surface area contributed by atoms with Gasteiger partial charge in [0.25, 0.3) is 0 Å². The van der Waals surface area contributed by atoms with Gasteiger partial charge < -0.3 is 9.84 Å². The lowest BCUT2D eigenvalue weighted by Crippen LogP contribution is -2.08. The highest BCUT2D eigenvalue weighted by molar-refractivity contribution is 7.90. The summed E-state index contributed by atoms with van der Waals surface area (Å²) in [7, 11) is -0.805. The molecule has 2 heterocycles. The van der Waals surface area contributed by atoms with E-state index in [2.05, 4.69) is 15.3 Å². The Kier molecular flexibility index (Phi) is 3.64. The average molecular weight is 312 g/mol. The van der Waals surface area contributed by atoms with Crippen LogP contribution in [0.25, 0.3) is 11.4 Å². The molecular weight excluding hydrogens is 300 g/mol. The summed E-state index contributed by atoms with van der Waals surface area (Å²) in [5.41, 5.74) is 0.0322. The minimum Gasteiger partial charge on any atom is -0.480 e. The van der Waals surface area contributed by atoms with Crippen LogP contribution >= 0.6 is 0 Å². The predicted molar refractivity (Wildman–Crippen MR) is 70.9 cm³/mol. The maximum Gasteiger partial charge on any atom is 0.356 e. The molecule has 0 amide bonds. The number of pyridine rings is 1. The number of hydrogen-bond donors (Lipinski definition) is 1. The third-order valence-electron chi connectivity index (χ3n) is 2.69. The molecule has 0 unspecified atom stereocenters. The van der Waals surface area contributed by atoms with Gasteiger partial charge in [0.1, 0.15) is 10.6 Å². The smallest absolute Gasteiger partial charge is 0.356 e. The van der Waals surface area contributed by atoms with E-state index in [1.807, 2.05) is 0 Å². The molecule has 2 aromatic heterocycles. The predicted octanol–water partition coefficient (Wildman–Crippen LogP) is -0.0126. The van der Waals surface area contributed by atoms with Crippen molar-refractivity contribution in [3.8, 4) is 17.3 Å². The molecule has 0 spiro atoms. The highest BCUT2D eigenvalue weighted by atomic mass is 32.2. The molecule has 112 valence electrons. The molecular formula is C11H12N4O5S. The molecule has 2 aromatic rings. The molecule has 0 radical (unpaired) electrons. The van der Waals surface area contributed by atoms with E-state index in [0.29, 0.717) is 0 Å². The van der Waals surface area contributed by atoms with Crippen molar-refractivity contribution >= 4 is 15.8 Å². The van der Waals surface area contributed by atoms with Crippen LogP contribution in [0.2, 0.25) is 0 Å². The fraction of sp³-hybridized carbons (Fsp3) is 0.273. The minimum atomic E-state index is -3.51. The first-order chi connectivity index (χ1) is 9.75. The first-order valence-corrected chi connectivity index (χ1v) is 7.53. The molecule has 21 heavy (non-hydrogen) atoms. The van der Waals surface area contributed by atoms with E-state index in [1.54, 1.807) is 0 Å². The number of ether oxygens (including phenoxy) is 1. The molecule has 0 aliphatic carbocycles. The Morgan fingerprint density at radius 1 is 1.38 bits per heavy atom. The van der Waals surface area contributed by atoms with Crippen molar-refractivity contribution in [2.24, 2.45) is 7.05 Å². The summed E-state index contributed by atoms with van der Waals surface area (Å²) in [5, 5.41) is 16.5. The first kappa shape index (κ1) is 14.9. The Morgan fingerprint density at radius 3 is 2.57 bits per heavy atom. The first-order valence-electron chi connectivity index (χ1n) is 5.64. The summed E-state index contributed by atoms with van der Waals surface area (Å²) in [6.07, 6.45) is 1.03. The maximum absolute atomic E-state index is 11.6. The Bertz CT molecular complexity index is 812. The van der Waals surface area contributed by atoms with E-state index in [9.17, 15) is 13.2 Å². The largest absolute Gasteiger partial charge is 0.480 e. The van der Waals surface area contributed by atoms with Crippen LogP contribution in [0.1, 0.15) is 10.5 Å². The van der Waals surface area contributed by atoms with E-state index < -0.39 is 15.8 Å². The monoisotopic (exact) mass is 312 g/mol. The van der Waals surface area contributed by atoms with Crippen LogP contribution < -0.4 is 4.74 Å². The molecule has 0 aliphatic heterocycles. The van der Waals surface area contributed by atoms with Crippen LogP contribution in [0, 0.1) is 0 Å². The Hall–Kier alpha value is -2.49. The summed E-state index contributed by atoms with van der Waals surface area (Å²) in [4.78, 5) is 15.1. The molecule has 1 N–H and O–H groups in total. The maximum atomic E-state index is 11.6. The lowest BCUT2D eigenvalue weighted by atomic mass is 10.2. The summed E-state index contributed by atoms with van der Waals surface area (Å²) in [6, 6.07) is 2.65. The molecule has 9 nitrogen and oxygen atoms in total. The number of aryl methyl sites for hydroxylation is 1. The highest BCUT2D eigenvalue weighted by Gasteiger charge is 2.23. The summed E-state index contributed by atoms with van der Waals surface area (Å²) < 4.78 is 29.2. The van der Waals surface area contributed by atoms with Crippen LogP contribution in [0.3, 0.4) is 0 Å². The lowest BCUT2D eigenvalue weighted by molar-refractivity contribution is 0.0686. The van der Waals surface area contributed by atoms with Crippen molar-refractivity contribution < 1.29 is 23.1 Å². The second kappa shape index (κ2) is 5.13. The number of rotatable bonds is 4. The fourth-order valence-corrected chi connectivity index (χ4v) is 2.52. The molecule has 0 fully saturated rings. The SMILES string of the molecule is COc1nc(-c2nnn(C)c2C(=O)O)ccc1S(C)(=O)=O. The number of aromatic carboxylic acids is 1. The Labute approximate surface area is 120 Å². The molecule has 0 aromatic carbocycles. The van der Waals surface area contributed by atoms with Gasteiger partial charge in [-0.05, 0) is 12.1 Å². The van der Waals surface area contributed by atoms with Gasteiger partial charge in [-0.2, -0.15) is 0 Å². The summed E-state index contributed by atoms with van der Waals surface area (Å²) in [6.45, 7) is 0. The van der Waals surface area contributed by atoms with Crippen LogP contribution in [-0.4, -0.2) is 52.8 Å². The minimum absolute atomic E-state index is 0.0309. The van der Waals surface area contributed by atoms with E-state index in [1.165, 1.54) is 26.3 Å². The number of carbonyl (C=O) groups is 1. The topological polar surface area (TPSA) is 124 Å². The zero-order chi connectivity index (χ0) is 15.8. The Morgan fingerprint density at radius 2 is 2.05 bits per heavy atom. The number of sulfone groups is 1. The van der Waals surface area contributed by atoms with Gasteiger partial charge >= 0.3 is 5.97 Å². The van der Waals surface area contributed by atoms with Crippen LogP contribution in [0.4, 0.5) is 0 Å². The molecule has 0 bridgehead atoms. The molecule has 0 saturated carbocycles. The van der Waals surface area contributed by atoms with Crippen LogP contribution in [0.15, 0.2) is 17.0 Å². The molecule has 0 saturated heterocycles. The van der Waals surface area contributed by atoms with Crippen molar-refractivity contribution in [1.29, 1.82) is 0 Å². The number of carboxylic acids is 1. The molecule has 10 heteroatoms. The Balaban J connectivity index is 2.65. The van der Waals surface area contributed by atoms with Crippen LogP contribution in [0.5, 0.6) is 5.88 Å². The number of hydrogen-bond acceptors (Lipinski definition) is 7. The average Bonchev–Trinajstić information content (AvgIpc) is 2.79. The second-order valence-electron chi connectivity index (χ2n) is 4.19. The summed E-state index contributed by atoms with van der Waals surface area (Å²) in [5.74, 6) is -1.34. The molecule has 0 aliphatic rings. The second-order valence-corrected chi connectivity index (χ2v) is 6.18. The van der Waals surface area contributed by atoms with Gasteiger partial charge in [0.05, 0.1) is 12.8 Å². The molecule has 0 atom stereocenters. The third-order valence-corrected chi connectivity index (χ3v) is 3.80. The fourth-order valence-electron chi connectivity index (χ4n) is 1.76. The summed E-state index contributed by atoms with van der Waals surface area (Å²) >= 11 is 0. The van der Waals surface area contributed by atoms with E-state index in [0.717, 1.165) is 10.9 Å². The van der Waals surface area contributed by atoms with Gasteiger partial charge in [0.15, 0.2) is 15.5 Å². The van der Waals surface area contributed by atoms with E-state index >= 15 is 0 Å². The number of methoxy groups -OCH3 is 1. The zero-order valence-corrected chi connectivity index (χ0v) is 12.2. The van der Waals surface area contributed by atoms with Crippen molar-refractivity contribution in [2.45, 2.75) is 4.90 Å². The normalized spacial score (nSPS) is 11.4. The number of carboxylic acid groups (broad SMARTS) is 1. The van der Waals surface area contributed by atoms with E-state index in [-0.39, 0.29) is 27.9 Å². The lowest BCUT2D eigenvalue weighted by Gasteiger charge is -2.07. The van der Waals surface area contributed by atoms with Crippen molar-refractivity contribution in [2.75, 3.05) is 13.4 Å². The standard InChI is InChI=1S/C11H12N4O5S/c1-15-9(11(16)17)8(13-14-15)6-4-5-7(21(3,18)19)10(12-6)20-2/h4-5H,1-3H3,(H,16,17). The van der Waals surface area contributed by atoms with Crippen LogP contribution in [-0.2, 0) is 16.9 Å². The van der Waals surface area contributed by atoms with Gasteiger partial charge in [-0.1, -0.05) is 5.21 Å². The van der Waals surface area contributed by atoms with Gasteiger partial charge in [0, 0.05) is 13.3 Å². The highest BCUT2D eigenvalue weighted by Crippen LogP contribution is 2.26. The van der Waals surface area contributed by atoms with Gasteiger partial charge in [-0.15, -0.1) is 5.10 Å². The number of nitrogens with zero attached hydrogens (tertiary/aromatic N) is 4.